The highest BCUT2D eigenvalue weighted by atomic mass is 35.7. The quantitative estimate of drug-likeness (QED) is 0.845. The second-order valence-electron chi connectivity index (χ2n) is 5.42. The van der Waals surface area contributed by atoms with Gasteiger partial charge in [-0.05, 0) is 31.2 Å². The van der Waals surface area contributed by atoms with Gasteiger partial charge < -0.3 is 10.2 Å². The summed E-state index contributed by atoms with van der Waals surface area (Å²) < 4.78 is 23.1. The molecule has 0 radical (unpaired) electrons. The van der Waals surface area contributed by atoms with Crippen molar-refractivity contribution < 1.29 is 18.6 Å². The molecule has 0 heterocycles. The molecule has 20 heavy (non-hydrogen) atoms. The largest absolute Gasteiger partial charge is 0.854 e. The second-order valence-corrected chi connectivity index (χ2v) is 8.19. The predicted octanol–water partition coefficient (Wildman–Crippen LogP) is 1.14. The molecule has 2 rings (SSSR count). The van der Waals surface area contributed by atoms with Gasteiger partial charge in [-0.3, -0.25) is 0 Å². The van der Waals surface area contributed by atoms with Crippen LogP contribution in [0.15, 0.2) is 24.3 Å². The van der Waals surface area contributed by atoms with Gasteiger partial charge in [0.05, 0.1) is 0 Å². The highest BCUT2D eigenvalue weighted by molar-refractivity contribution is 8.14. The molecule has 1 fully saturated rings. The maximum Gasteiger partial charge on any atom is 0.243 e. The van der Waals surface area contributed by atoms with Crippen molar-refractivity contribution in [2.24, 2.45) is 11.8 Å². The Kier molecular flexibility index (Phi) is 4.44. The number of aryl methyl sites for hydroxylation is 1. The fourth-order valence-electron chi connectivity index (χ4n) is 3.42. The average molecular weight is 318 g/mol. The van der Waals surface area contributed by atoms with Crippen LogP contribution in [-0.4, -0.2) is 26.7 Å². The van der Waals surface area contributed by atoms with Gasteiger partial charge in [-0.25, -0.2) is 8.42 Å². The van der Waals surface area contributed by atoms with Gasteiger partial charge in [0.15, 0.2) is 0 Å². The zero-order chi connectivity index (χ0) is 15.0. The van der Waals surface area contributed by atoms with Crippen molar-refractivity contribution in [1.82, 2.24) is 0 Å². The van der Waals surface area contributed by atoms with E-state index >= 15 is 0 Å². The Labute approximate surface area is 123 Å². The number of aliphatic hydroxyl groups is 1. The van der Waals surface area contributed by atoms with Crippen molar-refractivity contribution in [3.8, 4) is 0 Å². The summed E-state index contributed by atoms with van der Waals surface area (Å²) in [6.45, 7) is 1.08. The molecule has 0 amide bonds. The van der Waals surface area contributed by atoms with Gasteiger partial charge >= 0.3 is 0 Å². The second kappa shape index (κ2) is 5.64. The van der Waals surface area contributed by atoms with E-state index < -0.39 is 32.2 Å². The van der Waals surface area contributed by atoms with Crippen LogP contribution >= 0.6 is 10.7 Å². The number of hydrogen-bond donors (Lipinski definition) is 1. The number of aliphatic hydroxyl groups excluding tert-OH is 1. The molecule has 1 aliphatic rings. The van der Waals surface area contributed by atoms with Gasteiger partial charge in [0.25, 0.3) is 0 Å². The molecule has 0 aliphatic heterocycles. The van der Waals surface area contributed by atoms with Crippen LogP contribution in [0.25, 0.3) is 0 Å². The first kappa shape index (κ1) is 15.8. The summed E-state index contributed by atoms with van der Waals surface area (Å²) in [5.41, 5.74) is 1.50. The van der Waals surface area contributed by atoms with E-state index in [9.17, 15) is 18.6 Å². The van der Waals surface area contributed by atoms with Crippen LogP contribution in [0.1, 0.15) is 24.0 Å². The van der Waals surface area contributed by atoms with E-state index in [1.807, 2.05) is 6.92 Å². The van der Waals surface area contributed by atoms with Crippen molar-refractivity contribution in [1.29, 1.82) is 0 Å². The number of rotatable bonds is 4. The predicted molar refractivity (Wildman–Crippen MR) is 75.8 cm³/mol. The summed E-state index contributed by atoms with van der Waals surface area (Å²) in [5, 5.41) is 21.1. The third-order valence-electron chi connectivity index (χ3n) is 4.40. The van der Waals surface area contributed by atoms with E-state index in [4.69, 9.17) is 10.7 Å². The van der Waals surface area contributed by atoms with Crippen molar-refractivity contribution in [2.45, 2.75) is 24.5 Å². The molecule has 0 spiro atoms. The highest BCUT2D eigenvalue weighted by Crippen LogP contribution is 2.54. The molecular formula is C14H18ClO4S-. The van der Waals surface area contributed by atoms with Crippen LogP contribution in [0.3, 0.4) is 0 Å². The third kappa shape index (κ3) is 2.26. The summed E-state index contributed by atoms with van der Waals surface area (Å²) in [5.74, 6) is -1.14. The summed E-state index contributed by atoms with van der Waals surface area (Å²) >= 11 is 0. The first-order chi connectivity index (χ1) is 9.37. The van der Waals surface area contributed by atoms with Crippen molar-refractivity contribution in [3.05, 3.63) is 35.4 Å². The van der Waals surface area contributed by atoms with Crippen LogP contribution in [0.5, 0.6) is 0 Å². The van der Waals surface area contributed by atoms with E-state index in [0.29, 0.717) is 18.4 Å². The Bertz CT molecular complexity index is 555. The minimum atomic E-state index is -4.04. The molecule has 112 valence electrons. The highest BCUT2D eigenvalue weighted by Gasteiger charge is 2.57. The molecule has 1 aromatic rings. The molecule has 3 unspecified atom stereocenters. The average Bonchev–Trinajstić information content (AvgIpc) is 2.78. The minimum absolute atomic E-state index is 0.295. The molecule has 4 nitrogen and oxygen atoms in total. The normalized spacial score (nSPS) is 30.6. The molecule has 0 bridgehead atoms. The third-order valence-corrected chi connectivity index (χ3v) is 6.88. The zero-order valence-electron chi connectivity index (χ0n) is 11.3. The SMILES string of the molecule is Cc1ccc(C2(S(=O)(=O)Cl)C(C[O-])CCC2CO)cc1. The first-order valence-corrected chi connectivity index (χ1v) is 8.89. The molecule has 1 aliphatic carbocycles. The van der Waals surface area contributed by atoms with Gasteiger partial charge in [0.2, 0.25) is 9.05 Å². The lowest BCUT2D eigenvalue weighted by molar-refractivity contribution is -0.380. The standard InChI is InChI=1S/C14H18ClO4S/c1-10-2-4-11(5-3-10)14(20(15,18)19)12(8-16)6-7-13(14)9-17/h2-5,12-13,16H,6-9H2,1H3/q-1. The minimum Gasteiger partial charge on any atom is -0.854 e. The number of benzene rings is 1. The molecule has 0 aromatic heterocycles. The topological polar surface area (TPSA) is 77.4 Å². The van der Waals surface area contributed by atoms with Crippen LogP contribution in [-0.2, 0) is 13.8 Å². The maximum atomic E-state index is 12.3. The monoisotopic (exact) mass is 317 g/mol. The van der Waals surface area contributed by atoms with E-state index in [2.05, 4.69) is 0 Å². The number of halogens is 1. The molecule has 1 saturated carbocycles. The molecule has 3 atom stereocenters. The van der Waals surface area contributed by atoms with Gasteiger partial charge in [0, 0.05) is 23.2 Å². The van der Waals surface area contributed by atoms with Crippen molar-refractivity contribution >= 4 is 19.7 Å². The van der Waals surface area contributed by atoms with Crippen LogP contribution in [0.4, 0.5) is 0 Å². The molecular weight excluding hydrogens is 300 g/mol. The summed E-state index contributed by atoms with van der Waals surface area (Å²) in [6, 6.07) is 7.00. The van der Waals surface area contributed by atoms with Gasteiger partial charge in [-0.2, -0.15) is 0 Å². The first-order valence-electron chi connectivity index (χ1n) is 6.58. The Morgan fingerprint density at radius 2 is 1.85 bits per heavy atom. The van der Waals surface area contributed by atoms with Crippen LogP contribution in [0.2, 0.25) is 0 Å². The van der Waals surface area contributed by atoms with Gasteiger partial charge in [0.1, 0.15) is 4.75 Å². The fraction of sp³-hybridized carbons (Fsp3) is 0.571. The number of hydrogen-bond acceptors (Lipinski definition) is 4. The van der Waals surface area contributed by atoms with E-state index in [1.54, 1.807) is 24.3 Å². The van der Waals surface area contributed by atoms with Crippen molar-refractivity contribution in [2.75, 3.05) is 13.2 Å². The van der Waals surface area contributed by atoms with E-state index in [1.165, 1.54) is 0 Å². The molecule has 1 aromatic carbocycles. The summed E-state index contributed by atoms with van der Waals surface area (Å²) in [4.78, 5) is 0. The molecule has 6 heteroatoms. The van der Waals surface area contributed by atoms with Crippen molar-refractivity contribution in [3.63, 3.8) is 0 Å². The van der Waals surface area contributed by atoms with Crippen LogP contribution in [0, 0.1) is 18.8 Å². The maximum absolute atomic E-state index is 12.3. The smallest absolute Gasteiger partial charge is 0.243 e. The zero-order valence-corrected chi connectivity index (χ0v) is 12.8. The Morgan fingerprint density at radius 1 is 1.30 bits per heavy atom. The van der Waals surface area contributed by atoms with Gasteiger partial charge in [-0.1, -0.05) is 29.8 Å². The molecule has 1 N–H and O–H groups in total. The summed E-state index contributed by atoms with van der Waals surface area (Å²) in [6.07, 6.45) is 0.956. The lowest BCUT2D eigenvalue weighted by atomic mass is 9.82. The summed E-state index contributed by atoms with van der Waals surface area (Å²) in [7, 11) is 1.70. The Hall–Kier alpha value is -0.620. The van der Waals surface area contributed by atoms with E-state index in [0.717, 1.165) is 5.56 Å². The van der Waals surface area contributed by atoms with Crippen LogP contribution < -0.4 is 5.11 Å². The lowest BCUT2D eigenvalue weighted by Crippen LogP contribution is -2.46. The van der Waals surface area contributed by atoms with E-state index in [-0.39, 0.29) is 6.61 Å². The molecule has 0 saturated heterocycles. The fourth-order valence-corrected chi connectivity index (χ4v) is 6.04. The Morgan fingerprint density at radius 3 is 2.30 bits per heavy atom. The van der Waals surface area contributed by atoms with Gasteiger partial charge in [-0.15, -0.1) is 6.61 Å². The Balaban J connectivity index is 2.69. The lowest BCUT2D eigenvalue weighted by Gasteiger charge is -2.39.